The van der Waals surface area contributed by atoms with Gasteiger partial charge >= 0.3 is 5.97 Å². The lowest BCUT2D eigenvalue weighted by molar-refractivity contribution is -0.145. The highest BCUT2D eigenvalue weighted by molar-refractivity contribution is 9.09. The van der Waals surface area contributed by atoms with E-state index in [9.17, 15) is 9.59 Å². The summed E-state index contributed by atoms with van der Waals surface area (Å²) in [5.41, 5.74) is 0.657. The predicted octanol–water partition coefficient (Wildman–Crippen LogP) is 2.85. The van der Waals surface area contributed by atoms with Gasteiger partial charge in [-0.2, -0.15) is 0 Å². The Balaban J connectivity index is 1.59. The Morgan fingerprint density at radius 3 is 2.95 bits per heavy atom. The van der Waals surface area contributed by atoms with Crippen molar-refractivity contribution in [2.45, 2.75) is 17.4 Å². The highest BCUT2D eigenvalue weighted by Gasteiger charge is 2.67. The van der Waals surface area contributed by atoms with Crippen LogP contribution in [0.15, 0.2) is 24.3 Å². The molecule has 2 saturated carbocycles. The van der Waals surface area contributed by atoms with Gasteiger partial charge in [0.25, 0.3) is 0 Å². The average Bonchev–Trinajstić information content (AvgIpc) is 3.02. The molecule has 4 rings (SSSR count). The molecule has 0 radical (unpaired) electrons. The van der Waals surface area contributed by atoms with Crippen LogP contribution in [-0.2, 0) is 14.3 Å². The number of esters is 1. The number of ether oxygens (including phenoxy) is 1. The van der Waals surface area contributed by atoms with Crippen LogP contribution in [0.25, 0.3) is 0 Å². The number of benzene rings is 1. The number of amides is 1. The lowest BCUT2D eigenvalue weighted by Crippen LogP contribution is -2.40. The minimum absolute atomic E-state index is 0.0530. The van der Waals surface area contributed by atoms with Crippen LogP contribution in [0.3, 0.4) is 0 Å². The Bertz CT molecular complexity index is 637. The van der Waals surface area contributed by atoms with Gasteiger partial charge in [0.05, 0.1) is 16.7 Å². The quantitative estimate of drug-likeness (QED) is 0.643. The molecule has 0 unspecified atom stereocenters. The molecular formula is C15H13BrClNO3. The maximum atomic E-state index is 12.6. The highest BCUT2D eigenvalue weighted by Crippen LogP contribution is 2.60. The maximum absolute atomic E-state index is 12.6. The number of fused-ring (bicyclic) bond motifs is 1. The zero-order valence-electron chi connectivity index (χ0n) is 11.0. The summed E-state index contributed by atoms with van der Waals surface area (Å²) in [7, 11) is 0. The number of halogens is 2. The normalized spacial score (nSPS) is 39.4. The number of alkyl halides is 1. The fraction of sp³-hybridized carbons (Fsp3) is 0.467. The van der Waals surface area contributed by atoms with E-state index in [-0.39, 0.29) is 46.5 Å². The van der Waals surface area contributed by atoms with E-state index >= 15 is 0 Å². The largest absolute Gasteiger partial charge is 0.461 e. The van der Waals surface area contributed by atoms with Gasteiger partial charge in [0.2, 0.25) is 5.91 Å². The first-order valence-corrected chi connectivity index (χ1v) is 8.26. The molecule has 4 nitrogen and oxygen atoms in total. The van der Waals surface area contributed by atoms with Crippen molar-refractivity contribution in [3.63, 3.8) is 0 Å². The molecule has 1 saturated heterocycles. The molecule has 1 aromatic rings. The second kappa shape index (κ2) is 4.71. The van der Waals surface area contributed by atoms with E-state index in [1.165, 1.54) is 0 Å². The van der Waals surface area contributed by atoms with Crippen molar-refractivity contribution in [3.05, 3.63) is 29.3 Å². The van der Waals surface area contributed by atoms with Crippen molar-refractivity contribution >= 4 is 45.1 Å². The van der Waals surface area contributed by atoms with E-state index in [1.807, 2.05) is 0 Å². The summed E-state index contributed by atoms with van der Waals surface area (Å²) in [6.07, 6.45) is 0.827. The number of hydrogen-bond acceptors (Lipinski definition) is 3. The van der Waals surface area contributed by atoms with E-state index in [0.717, 1.165) is 6.42 Å². The molecule has 2 aliphatic carbocycles. The van der Waals surface area contributed by atoms with Crippen LogP contribution >= 0.6 is 27.5 Å². The predicted molar refractivity (Wildman–Crippen MR) is 81.3 cm³/mol. The zero-order chi connectivity index (χ0) is 14.7. The van der Waals surface area contributed by atoms with Crippen LogP contribution < -0.4 is 5.32 Å². The molecule has 21 heavy (non-hydrogen) atoms. The summed E-state index contributed by atoms with van der Waals surface area (Å²) >= 11 is 9.53. The Morgan fingerprint density at radius 2 is 2.19 bits per heavy atom. The number of carbonyl (C=O) groups excluding carboxylic acids is 2. The molecule has 0 aromatic heterocycles. The van der Waals surface area contributed by atoms with Crippen LogP contribution in [0, 0.1) is 23.7 Å². The summed E-state index contributed by atoms with van der Waals surface area (Å²) in [6.45, 7) is 0. The Kier molecular flexibility index (Phi) is 3.05. The summed E-state index contributed by atoms with van der Waals surface area (Å²) in [6, 6.07) is 7.03. The summed E-state index contributed by atoms with van der Waals surface area (Å²) < 4.78 is 5.41. The molecule has 0 spiro atoms. The van der Waals surface area contributed by atoms with Gasteiger partial charge in [-0.1, -0.05) is 33.6 Å². The Morgan fingerprint density at radius 1 is 1.38 bits per heavy atom. The van der Waals surface area contributed by atoms with Gasteiger partial charge in [0, 0.05) is 16.6 Å². The first-order valence-electron chi connectivity index (χ1n) is 6.97. The number of anilines is 1. The lowest BCUT2D eigenvalue weighted by atomic mass is 9.79. The summed E-state index contributed by atoms with van der Waals surface area (Å²) in [5.74, 6) is -0.590. The molecule has 1 aromatic carbocycles. The van der Waals surface area contributed by atoms with Crippen molar-refractivity contribution < 1.29 is 14.3 Å². The van der Waals surface area contributed by atoms with Crippen LogP contribution in [0.4, 0.5) is 5.69 Å². The van der Waals surface area contributed by atoms with Gasteiger partial charge in [-0.25, -0.2) is 0 Å². The Labute approximate surface area is 135 Å². The molecule has 6 atom stereocenters. The van der Waals surface area contributed by atoms with Gasteiger partial charge in [0.1, 0.15) is 6.10 Å². The van der Waals surface area contributed by atoms with Crippen molar-refractivity contribution in [2.75, 3.05) is 5.32 Å². The third-order valence-corrected chi connectivity index (χ3v) is 6.35. The van der Waals surface area contributed by atoms with Gasteiger partial charge < -0.3 is 10.1 Å². The molecule has 1 N–H and O–H groups in total. The standard InChI is InChI=1S/C15H13BrClNO3/c16-12-8-5-9-11(15(20)21-13(9)12)10(8)14(19)18-7-3-1-2-6(17)4-7/h1-4,8-13H,5H2,(H,18,19)/t8-,9-,10-,11-,12-,13+/m1/s1. The molecule has 3 aliphatic rings. The molecule has 2 bridgehead atoms. The fourth-order valence-electron chi connectivity index (χ4n) is 4.12. The average molecular weight is 371 g/mol. The zero-order valence-corrected chi connectivity index (χ0v) is 13.3. The van der Waals surface area contributed by atoms with Gasteiger partial charge in [-0.05, 0) is 30.5 Å². The van der Waals surface area contributed by atoms with Gasteiger partial charge in [-0.3, -0.25) is 9.59 Å². The first-order chi connectivity index (χ1) is 10.1. The van der Waals surface area contributed by atoms with Crippen LogP contribution in [0.2, 0.25) is 5.02 Å². The van der Waals surface area contributed by atoms with Crippen LogP contribution in [-0.4, -0.2) is 22.8 Å². The minimum Gasteiger partial charge on any atom is -0.461 e. The number of hydrogen-bond donors (Lipinski definition) is 1. The second-order valence-corrected chi connectivity index (χ2v) is 7.45. The molecule has 1 amide bonds. The molecule has 1 heterocycles. The second-order valence-electron chi connectivity index (χ2n) is 5.96. The summed E-state index contributed by atoms with van der Waals surface area (Å²) in [5, 5.41) is 3.45. The van der Waals surface area contributed by atoms with E-state index < -0.39 is 0 Å². The SMILES string of the molecule is O=C(Nc1cccc(Cl)c1)[C@@H]1[C@H]2C[C@H]3[C@H](OC(=O)[C@H]31)[C@@H]2Br. The monoisotopic (exact) mass is 369 g/mol. The van der Waals surface area contributed by atoms with Crippen LogP contribution in [0.1, 0.15) is 6.42 Å². The first kappa shape index (κ1) is 13.6. The van der Waals surface area contributed by atoms with Crippen molar-refractivity contribution in [1.29, 1.82) is 0 Å². The van der Waals surface area contributed by atoms with Crippen molar-refractivity contribution in [1.82, 2.24) is 0 Å². The molecule has 110 valence electrons. The van der Waals surface area contributed by atoms with Crippen molar-refractivity contribution in [3.8, 4) is 0 Å². The number of nitrogens with one attached hydrogen (secondary N) is 1. The van der Waals surface area contributed by atoms with E-state index in [1.54, 1.807) is 24.3 Å². The smallest absolute Gasteiger partial charge is 0.310 e. The topological polar surface area (TPSA) is 55.4 Å². The molecule has 6 heteroatoms. The fourth-order valence-corrected chi connectivity index (χ4v) is 5.36. The molecule has 1 aliphatic heterocycles. The Hall–Kier alpha value is -1.07. The third-order valence-electron chi connectivity index (χ3n) is 4.92. The van der Waals surface area contributed by atoms with Gasteiger partial charge in [-0.15, -0.1) is 0 Å². The van der Waals surface area contributed by atoms with E-state index in [0.29, 0.717) is 10.7 Å². The third kappa shape index (κ3) is 1.94. The molecule has 3 fully saturated rings. The minimum atomic E-state index is -0.315. The van der Waals surface area contributed by atoms with Crippen molar-refractivity contribution in [2.24, 2.45) is 23.7 Å². The number of rotatable bonds is 2. The van der Waals surface area contributed by atoms with Crippen LogP contribution in [0.5, 0.6) is 0 Å². The maximum Gasteiger partial charge on any atom is 0.310 e. The highest BCUT2D eigenvalue weighted by atomic mass is 79.9. The van der Waals surface area contributed by atoms with E-state index in [2.05, 4.69) is 21.2 Å². The van der Waals surface area contributed by atoms with Gasteiger partial charge in [0.15, 0.2) is 0 Å². The lowest BCUT2D eigenvalue weighted by Gasteiger charge is -2.27. The molecular weight excluding hydrogens is 358 g/mol. The number of carbonyl (C=O) groups is 2. The summed E-state index contributed by atoms with van der Waals surface area (Å²) in [4.78, 5) is 24.7. The van der Waals surface area contributed by atoms with E-state index in [4.69, 9.17) is 16.3 Å².